The standard InChI is InChI=1S/C21H17N3O5/c1-13(20(27)23-17-9-5-3-7-15(17)11-22)29-19(26)12-24-18(25)10-14-6-2-4-8-16(14)21(24)28/h2-9,13H,10,12H2,1H3,(H,23,27)/t13-/m1/s1. The van der Waals surface area contributed by atoms with Crippen LogP contribution in [0, 0.1) is 11.3 Å². The van der Waals surface area contributed by atoms with E-state index in [1.807, 2.05) is 6.07 Å². The van der Waals surface area contributed by atoms with Gasteiger partial charge >= 0.3 is 5.97 Å². The van der Waals surface area contributed by atoms with E-state index in [1.54, 1.807) is 42.5 Å². The number of benzene rings is 2. The molecule has 2 aromatic carbocycles. The largest absolute Gasteiger partial charge is 0.451 e. The number of hydrogen-bond donors (Lipinski definition) is 1. The Bertz CT molecular complexity index is 1040. The Labute approximate surface area is 166 Å². The Balaban J connectivity index is 1.62. The van der Waals surface area contributed by atoms with Gasteiger partial charge < -0.3 is 10.1 Å². The van der Waals surface area contributed by atoms with Crippen LogP contribution in [0.2, 0.25) is 0 Å². The first-order valence-electron chi connectivity index (χ1n) is 8.82. The molecule has 0 fully saturated rings. The molecule has 3 rings (SSSR count). The van der Waals surface area contributed by atoms with E-state index in [0.29, 0.717) is 16.8 Å². The lowest BCUT2D eigenvalue weighted by molar-refractivity contribution is -0.155. The number of esters is 1. The number of imide groups is 1. The third-order valence-electron chi connectivity index (χ3n) is 4.41. The van der Waals surface area contributed by atoms with Gasteiger partial charge in [-0.25, -0.2) is 0 Å². The van der Waals surface area contributed by atoms with Gasteiger partial charge in [0.25, 0.3) is 11.8 Å². The number of nitrogens with one attached hydrogen (secondary N) is 1. The summed E-state index contributed by atoms with van der Waals surface area (Å²) in [4.78, 5) is 50.0. The van der Waals surface area contributed by atoms with Crippen LogP contribution in [-0.4, -0.2) is 41.2 Å². The van der Waals surface area contributed by atoms with Gasteiger partial charge in [-0.3, -0.25) is 24.1 Å². The molecule has 1 aliphatic rings. The number of hydrogen-bond acceptors (Lipinski definition) is 6. The van der Waals surface area contributed by atoms with Gasteiger partial charge in [0, 0.05) is 5.56 Å². The Morgan fingerprint density at radius 1 is 1.17 bits per heavy atom. The predicted octanol–water partition coefficient (Wildman–Crippen LogP) is 1.65. The zero-order chi connectivity index (χ0) is 21.0. The molecule has 1 atom stereocenters. The fourth-order valence-electron chi connectivity index (χ4n) is 2.90. The number of para-hydroxylation sites is 1. The van der Waals surface area contributed by atoms with Crippen LogP contribution in [0.4, 0.5) is 5.69 Å². The highest BCUT2D eigenvalue weighted by atomic mass is 16.5. The van der Waals surface area contributed by atoms with Crippen molar-refractivity contribution in [3.05, 3.63) is 65.2 Å². The number of carbonyl (C=O) groups excluding carboxylic acids is 4. The summed E-state index contributed by atoms with van der Waals surface area (Å²) in [6, 6.07) is 15.0. The molecule has 0 unspecified atom stereocenters. The minimum absolute atomic E-state index is 0.0101. The van der Waals surface area contributed by atoms with Gasteiger partial charge in [-0.15, -0.1) is 0 Å². The smallest absolute Gasteiger partial charge is 0.326 e. The van der Waals surface area contributed by atoms with Crippen molar-refractivity contribution < 1.29 is 23.9 Å². The van der Waals surface area contributed by atoms with Crippen LogP contribution in [0.15, 0.2) is 48.5 Å². The summed E-state index contributed by atoms with van der Waals surface area (Å²) in [7, 11) is 0. The quantitative estimate of drug-likeness (QED) is 0.612. The van der Waals surface area contributed by atoms with E-state index in [-0.39, 0.29) is 12.0 Å². The van der Waals surface area contributed by atoms with Gasteiger partial charge in [0.1, 0.15) is 12.6 Å². The normalized spacial score (nSPS) is 13.9. The number of nitriles is 1. The summed E-state index contributed by atoms with van der Waals surface area (Å²) in [5.41, 5.74) is 1.53. The lowest BCUT2D eigenvalue weighted by Gasteiger charge is -2.26. The third kappa shape index (κ3) is 4.30. The molecule has 29 heavy (non-hydrogen) atoms. The summed E-state index contributed by atoms with van der Waals surface area (Å²) in [5.74, 6) is -2.61. The second kappa shape index (κ2) is 8.35. The molecule has 0 saturated carbocycles. The number of ether oxygens (including phenoxy) is 1. The number of rotatable bonds is 5. The molecule has 2 aromatic rings. The van der Waals surface area contributed by atoms with Gasteiger partial charge in [-0.2, -0.15) is 5.26 Å². The molecular weight excluding hydrogens is 374 g/mol. The van der Waals surface area contributed by atoms with E-state index in [0.717, 1.165) is 4.90 Å². The van der Waals surface area contributed by atoms with Crippen LogP contribution >= 0.6 is 0 Å². The van der Waals surface area contributed by atoms with Crippen LogP contribution in [-0.2, 0) is 25.5 Å². The molecule has 1 heterocycles. The molecule has 0 spiro atoms. The van der Waals surface area contributed by atoms with Crippen LogP contribution in [0.1, 0.15) is 28.4 Å². The molecule has 0 aliphatic carbocycles. The van der Waals surface area contributed by atoms with Crippen molar-refractivity contribution in [2.75, 3.05) is 11.9 Å². The van der Waals surface area contributed by atoms with Crippen LogP contribution in [0.3, 0.4) is 0 Å². The first-order chi connectivity index (χ1) is 13.9. The van der Waals surface area contributed by atoms with E-state index in [2.05, 4.69) is 5.32 Å². The fourth-order valence-corrected chi connectivity index (χ4v) is 2.90. The topological polar surface area (TPSA) is 117 Å². The summed E-state index contributed by atoms with van der Waals surface area (Å²) < 4.78 is 5.07. The zero-order valence-electron chi connectivity index (χ0n) is 15.5. The molecule has 0 aromatic heterocycles. The Kier molecular flexibility index (Phi) is 5.69. The Morgan fingerprint density at radius 3 is 2.62 bits per heavy atom. The SMILES string of the molecule is C[C@@H](OC(=O)CN1C(=O)Cc2ccccc2C1=O)C(=O)Nc1ccccc1C#N. The van der Waals surface area contributed by atoms with Crippen molar-refractivity contribution in [2.24, 2.45) is 0 Å². The van der Waals surface area contributed by atoms with Crippen LogP contribution in [0.5, 0.6) is 0 Å². The molecule has 0 saturated heterocycles. The van der Waals surface area contributed by atoms with Gasteiger partial charge in [0.05, 0.1) is 17.7 Å². The number of anilines is 1. The highest BCUT2D eigenvalue weighted by Gasteiger charge is 2.33. The van der Waals surface area contributed by atoms with E-state index in [1.165, 1.54) is 13.0 Å². The minimum Gasteiger partial charge on any atom is -0.451 e. The van der Waals surface area contributed by atoms with Crippen LogP contribution in [0.25, 0.3) is 0 Å². The number of amides is 3. The molecule has 146 valence electrons. The van der Waals surface area contributed by atoms with E-state index < -0.39 is 36.3 Å². The minimum atomic E-state index is -1.18. The average molecular weight is 391 g/mol. The van der Waals surface area contributed by atoms with Gasteiger partial charge in [-0.1, -0.05) is 30.3 Å². The maximum absolute atomic E-state index is 12.5. The molecule has 3 amide bonds. The number of fused-ring (bicyclic) bond motifs is 1. The van der Waals surface area contributed by atoms with Gasteiger partial charge in [-0.05, 0) is 30.7 Å². The van der Waals surface area contributed by atoms with Crippen molar-refractivity contribution in [1.82, 2.24) is 4.90 Å². The molecule has 0 bridgehead atoms. The highest BCUT2D eigenvalue weighted by molar-refractivity contribution is 6.11. The zero-order valence-corrected chi connectivity index (χ0v) is 15.5. The molecule has 1 N–H and O–H groups in total. The summed E-state index contributed by atoms with van der Waals surface area (Å²) >= 11 is 0. The van der Waals surface area contributed by atoms with E-state index >= 15 is 0 Å². The first kappa shape index (κ1) is 19.8. The van der Waals surface area contributed by atoms with Crippen molar-refractivity contribution >= 4 is 29.4 Å². The number of carbonyl (C=O) groups is 4. The molecule has 1 aliphatic heterocycles. The molecule has 0 radical (unpaired) electrons. The third-order valence-corrected chi connectivity index (χ3v) is 4.41. The van der Waals surface area contributed by atoms with Crippen molar-refractivity contribution in [2.45, 2.75) is 19.4 Å². The molecule has 8 nitrogen and oxygen atoms in total. The van der Waals surface area contributed by atoms with Crippen molar-refractivity contribution in [3.63, 3.8) is 0 Å². The Hall–Kier alpha value is -3.99. The molecule has 8 heteroatoms. The maximum atomic E-state index is 12.5. The van der Waals surface area contributed by atoms with E-state index in [4.69, 9.17) is 10.00 Å². The highest BCUT2D eigenvalue weighted by Crippen LogP contribution is 2.19. The first-order valence-corrected chi connectivity index (χ1v) is 8.82. The second-order valence-electron chi connectivity index (χ2n) is 6.40. The molecular formula is C21H17N3O5. The van der Waals surface area contributed by atoms with Crippen molar-refractivity contribution in [1.29, 1.82) is 5.26 Å². The monoisotopic (exact) mass is 391 g/mol. The average Bonchev–Trinajstić information content (AvgIpc) is 2.71. The second-order valence-corrected chi connectivity index (χ2v) is 6.40. The lowest BCUT2D eigenvalue weighted by Crippen LogP contribution is -2.46. The van der Waals surface area contributed by atoms with E-state index in [9.17, 15) is 19.2 Å². The van der Waals surface area contributed by atoms with Gasteiger partial charge in [0.15, 0.2) is 6.10 Å². The fraction of sp³-hybridized carbons (Fsp3) is 0.190. The Morgan fingerprint density at radius 2 is 1.86 bits per heavy atom. The van der Waals surface area contributed by atoms with Gasteiger partial charge in [0.2, 0.25) is 5.91 Å². The summed E-state index contributed by atoms with van der Waals surface area (Å²) in [5, 5.41) is 11.6. The predicted molar refractivity (Wildman–Crippen MR) is 102 cm³/mol. The maximum Gasteiger partial charge on any atom is 0.326 e. The summed E-state index contributed by atoms with van der Waals surface area (Å²) in [6.07, 6.45) is -1.17. The summed E-state index contributed by atoms with van der Waals surface area (Å²) in [6.45, 7) is 0.774. The lowest BCUT2D eigenvalue weighted by atomic mass is 9.98. The van der Waals surface area contributed by atoms with Crippen molar-refractivity contribution in [3.8, 4) is 6.07 Å². The number of nitrogens with zero attached hydrogens (tertiary/aromatic N) is 2. The van der Waals surface area contributed by atoms with Crippen LogP contribution < -0.4 is 5.32 Å².